The van der Waals surface area contributed by atoms with Crippen molar-refractivity contribution in [2.75, 3.05) is 18.5 Å². The molecule has 1 unspecified atom stereocenters. The van der Waals surface area contributed by atoms with E-state index in [4.69, 9.17) is 4.52 Å². The minimum atomic E-state index is -0.248. The molecule has 0 bridgehead atoms. The largest absolute Gasteiger partial charge is 0.354 e. The first-order valence-corrected chi connectivity index (χ1v) is 7.76. The van der Waals surface area contributed by atoms with E-state index in [0.29, 0.717) is 17.4 Å². The Morgan fingerprint density at radius 2 is 2.22 bits per heavy atom. The molecule has 1 N–H and O–H groups in total. The number of nitrogens with zero attached hydrogens (tertiary/aromatic N) is 5. The van der Waals surface area contributed by atoms with Crippen LogP contribution in [0.15, 0.2) is 16.7 Å². The second-order valence-electron chi connectivity index (χ2n) is 5.85. The molecule has 23 heavy (non-hydrogen) atoms. The highest BCUT2D eigenvalue weighted by molar-refractivity contribution is 5.91. The van der Waals surface area contributed by atoms with Gasteiger partial charge in [-0.05, 0) is 25.0 Å². The number of aromatic nitrogens is 4. The monoisotopic (exact) mass is 316 g/mol. The summed E-state index contributed by atoms with van der Waals surface area (Å²) in [6.45, 7) is 4.89. The highest BCUT2D eigenvalue weighted by Gasteiger charge is 2.31. The zero-order valence-electron chi connectivity index (χ0n) is 13.5. The van der Waals surface area contributed by atoms with Crippen molar-refractivity contribution in [2.24, 2.45) is 0 Å². The lowest BCUT2D eigenvalue weighted by atomic mass is 10.2. The molecule has 1 fully saturated rings. The fourth-order valence-corrected chi connectivity index (χ4v) is 2.65. The zero-order chi connectivity index (χ0) is 16.4. The summed E-state index contributed by atoms with van der Waals surface area (Å²) in [5.74, 6) is 2.01. The number of carbonyl (C=O) groups is 1. The summed E-state index contributed by atoms with van der Waals surface area (Å²) in [6.07, 6.45) is 1.96. The lowest BCUT2D eigenvalue weighted by Gasteiger charge is -2.22. The van der Waals surface area contributed by atoms with E-state index in [9.17, 15) is 4.79 Å². The SMILES string of the molecule is CNC(=O)c1ccc(N2CCCC2c2noc(C(C)C)n2)nn1. The van der Waals surface area contributed by atoms with E-state index in [1.54, 1.807) is 19.2 Å². The second kappa shape index (κ2) is 6.31. The van der Waals surface area contributed by atoms with Gasteiger partial charge >= 0.3 is 0 Å². The Balaban J connectivity index is 1.82. The van der Waals surface area contributed by atoms with Crippen molar-refractivity contribution in [1.82, 2.24) is 25.7 Å². The highest BCUT2D eigenvalue weighted by Crippen LogP contribution is 2.33. The number of hydrogen-bond acceptors (Lipinski definition) is 7. The van der Waals surface area contributed by atoms with Crippen LogP contribution >= 0.6 is 0 Å². The fourth-order valence-electron chi connectivity index (χ4n) is 2.65. The van der Waals surface area contributed by atoms with Gasteiger partial charge in [0.25, 0.3) is 5.91 Å². The van der Waals surface area contributed by atoms with Gasteiger partial charge in [0.15, 0.2) is 17.3 Å². The molecule has 8 heteroatoms. The minimum Gasteiger partial charge on any atom is -0.354 e. The third-order valence-electron chi connectivity index (χ3n) is 3.91. The predicted octanol–water partition coefficient (Wildman–Crippen LogP) is 1.68. The molecular formula is C15H20N6O2. The molecule has 8 nitrogen and oxygen atoms in total. The molecule has 3 heterocycles. The van der Waals surface area contributed by atoms with Crippen LogP contribution in [0.5, 0.6) is 0 Å². The average Bonchev–Trinajstić information content (AvgIpc) is 3.22. The molecule has 1 atom stereocenters. The van der Waals surface area contributed by atoms with Crippen LogP contribution in [0.1, 0.15) is 60.9 Å². The molecule has 122 valence electrons. The molecule has 0 radical (unpaired) electrons. The Labute approximate surface area is 134 Å². The van der Waals surface area contributed by atoms with Gasteiger partial charge in [-0.25, -0.2) is 0 Å². The molecule has 1 aliphatic rings. The quantitative estimate of drug-likeness (QED) is 0.916. The van der Waals surface area contributed by atoms with Gasteiger partial charge in [-0.1, -0.05) is 19.0 Å². The molecular weight excluding hydrogens is 296 g/mol. The summed E-state index contributed by atoms with van der Waals surface area (Å²) in [6, 6.07) is 3.51. The highest BCUT2D eigenvalue weighted by atomic mass is 16.5. The van der Waals surface area contributed by atoms with Crippen molar-refractivity contribution < 1.29 is 9.32 Å². The van der Waals surface area contributed by atoms with E-state index < -0.39 is 0 Å². The van der Waals surface area contributed by atoms with Crippen LogP contribution in [-0.2, 0) is 0 Å². The Kier molecular flexibility index (Phi) is 4.22. The normalized spacial score (nSPS) is 17.7. The van der Waals surface area contributed by atoms with Gasteiger partial charge in [-0.15, -0.1) is 10.2 Å². The number of carbonyl (C=O) groups excluding carboxylic acids is 1. The van der Waals surface area contributed by atoms with Crippen molar-refractivity contribution in [1.29, 1.82) is 0 Å². The summed E-state index contributed by atoms with van der Waals surface area (Å²) in [7, 11) is 1.57. The van der Waals surface area contributed by atoms with Crippen LogP contribution in [0.2, 0.25) is 0 Å². The Morgan fingerprint density at radius 3 is 2.83 bits per heavy atom. The standard InChI is InChI=1S/C15H20N6O2/c1-9(2)15-17-13(20-23-15)11-5-4-8-21(11)12-7-6-10(18-19-12)14(22)16-3/h6-7,9,11H,4-5,8H2,1-3H3,(H,16,22). The molecule has 0 aromatic carbocycles. The van der Waals surface area contributed by atoms with Crippen LogP contribution in [0, 0.1) is 0 Å². The van der Waals surface area contributed by atoms with Gasteiger partial charge in [0.2, 0.25) is 5.89 Å². The third-order valence-corrected chi connectivity index (χ3v) is 3.91. The van der Waals surface area contributed by atoms with Gasteiger partial charge in [0, 0.05) is 19.5 Å². The Bertz CT molecular complexity index is 682. The van der Waals surface area contributed by atoms with Crippen LogP contribution in [-0.4, -0.2) is 39.8 Å². The zero-order valence-corrected chi connectivity index (χ0v) is 13.5. The van der Waals surface area contributed by atoms with Gasteiger partial charge in [0.05, 0.1) is 6.04 Å². The first-order valence-electron chi connectivity index (χ1n) is 7.76. The van der Waals surface area contributed by atoms with Gasteiger partial charge < -0.3 is 14.7 Å². The first-order chi connectivity index (χ1) is 11.1. The lowest BCUT2D eigenvalue weighted by molar-refractivity contribution is 0.0957. The number of amides is 1. The minimum absolute atomic E-state index is 0.0337. The molecule has 1 amide bonds. The number of anilines is 1. The lowest BCUT2D eigenvalue weighted by Crippen LogP contribution is -2.26. The smallest absolute Gasteiger partial charge is 0.271 e. The van der Waals surface area contributed by atoms with Gasteiger partial charge in [-0.2, -0.15) is 4.98 Å². The first kappa shape index (κ1) is 15.4. The summed E-state index contributed by atoms with van der Waals surface area (Å²) in [5.41, 5.74) is 0.300. The number of rotatable bonds is 4. The maximum atomic E-state index is 11.5. The van der Waals surface area contributed by atoms with E-state index in [1.165, 1.54) is 0 Å². The van der Waals surface area contributed by atoms with Crippen LogP contribution in [0.3, 0.4) is 0 Å². The van der Waals surface area contributed by atoms with Crippen molar-refractivity contribution in [3.05, 3.63) is 29.5 Å². The maximum Gasteiger partial charge on any atom is 0.271 e. The molecule has 0 spiro atoms. The Hall–Kier alpha value is -2.51. The molecule has 2 aromatic heterocycles. The van der Waals surface area contributed by atoms with Crippen molar-refractivity contribution in [2.45, 2.75) is 38.6 Å². The Morgan fingerprint density at radius 1 is 1.39 bits per heavy atom. The van der Waals surface area contributed by atoms with Gasteiger partial charge in [-0.3, -0.25) is 4.79 Å². The summed E-state index contributed by atoms with van der Waals surface area (Å²) < 4.78 is 5.31. The van der Waals surface area contributed by atoms with Crippen molar-refractivity contribution in [3.63, 3.8) is 0 Å². The van der Waals surface area contributed by atoms with Crippen LogP contribution in [0.25, 0.3) is 0 Å². The van der Waals surface area contributed by atoms with E-state index in [1.807, 2.05) is 13.8 Å². The molecule has 2 aromatic rings. The average molecular weight is 316 g/mol. The topological polar surface area (TPSA) is 97.0 Å². The number of nitrogens with one attached hydrogen (secondary N) is 1. The molecule has 1 saturated heterocycles. The molecule has 0 saturated carbocycles. The van der Waals surface area contributed by atoms with Gasteiger partial charge in [0.1, 0.15) is 0 Å². The van der Waals surface area contributed by atoms with Crippen molar-refractivity contribution in [3.8, 4) is 0 Å². The summed E-state index contributed by atoms with van der Waals surface area (Å²) in [4.78, 5) is 18.1. The molecule has 1 aliphatic heterocycles. The number of hydrogen-bond donors (Lipinski definition) is 1. The molecule has 0 aliphatic carbocycles. The van der Waals surface area contributed by atoms with E-state index in [0.717, 1.165) is 25.2 Å². The van der Waals surface area contributed by atoms with E-state index in [2.05, 4.69) is 30.6 Å². The third kappa shape index (κ3) is 3.01. The summed E-state index contributed by atoms with van der Waals surface area (Å²) in [5, 5.41) is 14.8. The van der Waals surface area contributed by atoms with Crippen LogP contribution in [0.4, 0.5) is 5.82 Å². The van der Waals surface area contributed by atoms with Crippen LogP contribution < -0.4 is 10.2 Å². The van der Waals surface area contributed by atoms with E-state index >= 15 is 0 Å². The van der Waals surface area contributed by atoms with E-state index in [-0.39, 0.29) is 17.9 Å². The summed E-state index contributed by atoms with van der Waals surface area (Å²) >= 11 is 0. The van der Waals surface area contributed by atoms with Crippen molar-refractivity contribution >= 4 is 11.7 Å². The second-order valence-corrected chi connectivity index (χ2v) is 5.85. The molecule has 3 rings (SSSR count). The fraction of sp³-hybridized carbons (Fsp3) is 0.533. The predicted molar refractivity (Wildman–Crippen MR) is 83.1 cm³/mol. The maximum absolute atomic E-state index is 11.5.